The molecule has 170 valence electrons. The molecule has 0 unspecified atom stereocenters. The van der Waals surface area contributed by atoms with Crippen LogP contribution in [0.1, 0.15) is 37.7 Å². The third-order valence-electron chi connectivity index (χ3n) is 7.86. The zero-order chi connectivity index (χ0) is 22.0. The first-order valence-electron chi connectivity index (χ1n) is 12.1. The van der Waals surface area contributed by atoms with Gasteiger partial charge < -0.3 is 19.9 Å². The fraction of sp³-hybridized carbons (Fsp3) is 0.480. The Kier molecular flexibility index (Phi) is 4.21. The van der Waals surface area contributed by atoms with E-state index in [0.717, 1.165) is 73.2 Å². The molecule has 1 aliphatic carbocycles. The van der Waals surface area contributed by atoms with Crippen LogP contribution in [-0.4, -0.2) is 56.7 Å². The molecule has 2 aliphatic heterocycles. The lowest BCUT2D eigenvalue weighted by molar-refractivity contribution is 0.133. The largest absolute Gasteiger partial charge is 0.381 e. The zero-order valence-electron chi connectivity index (χ0n) is 19.0. The topological polar surface area (TPSA) is 83.4 Å². The van der Waals surface area contributed by atoms with E-state index in [0.29, 0.717) is 11.5 Å². The Balaban J connectivity index is 1.29. The average Bonchev–Trinajstić information content (AvgIpc) is 3.19. The number of pyridine rings is 1. The fourth-order valence-electron chi connectivity index (χ4n) is 5.59. The zero-order valence-corrected chi connectivity index (χ0v) is 19.0. The van der Waals surface area contributed by atoms with Crippen molar-refractivity contribution in [1.82, 2.24) is 24.3 Å². The molecule has 1 saturated carbocycles. The van der Waals surface area contributed by atoms with E-state index in [2.05, 4.69) is 43.8 Å². The third kappa shape index (κ3) is 3.11. The summed E-state index contributed by atoms with van der Waals surface area (Å²) in [6, 6.07) is 2.66. The first kappa shape index (κ1) is 19.3. The fourth-order valence-corrected chi connectivity index (χ4v) is 5.59. The van der Waals surface area contributed by atoms with Crippen LogP contribution in [0.3, 0.4) is 0 Å². The summed E-state index contributed by atoms with van der Waals surface area (Å²) in [6.45, 7) is 5.97. The number of nitrogens with one attached hydrogen (secondary N) is 2. The van der Waals surface area contributed by atoms with Gasteiger partial charge in [-0.2, -0.15) is 4.98 Å². The normalized spacial score (nSPS) is 20.3. The van der Waals surface area contributed by atoms with Crippen molar-refractivity contribution in [3.8, 4) is 11.1 Å². The van der Waals surface area contributed by atoms with Gasteiger partial charge in [-0.25, -0.2) is 9.97 Å². The van der Waals surface area contributed by atoms with Gasteiger partial charge in [-0.05, 0) is 61.6 Å². The summed E-state index contributed by atoms with van der Waals surface area (Å²) < 4.78 is 7.87. The van der Waals surface area contributed by atoms with Gasteiger partial charge in [0, 0.05) is 56.1 Å². The summed E-state index contributed by atoms with van der Waals surface area (Å²) in [5.74, 6) is 1.95. The number of hydrogen-bond donors (Lipinski definition) is 2. The van der Waals surface area contributed by atoms with Crippen molar-refractivity contribution in [3.05, 3.63) is 36.4 Å². The lowest BCUT2D eigenvalue weighted by Crippen LogP contribution is -2.41. The van der Waals surface area contributed by atoms with Crippen LogP contribution < -0.4 is 10.2 Å². The van der Waals surface area contributed by atoms with E-state index in [-0.39, 0.29) is 0 Å². The minimum absolute atomic E-state index is 0.374. The first-order chi connectivity index (χ1) is 16.2. The van der Waals surface area contributed by atoms with Crippen molar-refractivity contribution in [2.45, 2.75) is 45.1 Å². The SMILES string of the molecule is Cc1c(-c2c[nH]c3nc(N4CCC5(CCOC5)CC4)n4ccnc4c23)ccnc1NC1CC1. The van der Waals surface area contributed by atoms with E-state index in [1.807, 2.05) is 18.6 Å². The Morgan fingerprint density at radius 1 is 1.12 bits per heavy atom. The number of aromatic nitrogens is 5. The summed E-state index contributed by atoms with van der Waals surface area (Å²) in [4.78, 5) is 20.3. The minimum Gasteiger partial charge on any atom is -0.381 e. The molecule has 3 fully saturated rings. The van der Waals surface area contributed by atoms with E-state index in [1.165, 1.54) is 30.4 Å². The van der Waals surface area contributed by atoms with Crippen LogP contribution in [0.2, 0.25) is 0 Å². The number of hydrogen-bond acceptors (Lipinski definition) is 6. The molecule has 0 amide bonds. The number of nitrogens with zero attached hydrogens (tertiary/aromatic N) is 5. The van der Waals surface area contributed by atoms with Gasteiger partial charge in [0.2, 0.25) is 5.95 Å². The molecule has 33 heavy (non-hydrogen) atoms. The number of ether oxygens (including phenoxy) is 1. The quantitative estimate of drug-likeness (QED) is 0.493. The number of fused-ring (bicyclic) bond motifs is 3. The second-order valence-electron chi connectivity index (χ2n) is 10.00. The van der Waals surface area contributed by atoms with Crippen molar-refractivity contribution in [2.24, 2.45) is 5.41 Å². The number of piperidine rings is 1. The molecule has 2 N–H and O–H groups in total. The van der Waals surface area contributed by atoms with Crippen LogP contribution in [0.4, 0.5) is 11.8 Å². The number of H-pyrrole nitrogens is 1. The van der Waals surface area contributed by atoms with Crippen LogP contribution in [-0.2, 0) is 4.74 Å². The highest BCUT2D eigenvalue weighted by Gasteiger charge is 2.38. The molecule has 8 nitrogen and oxygen atoms in total. The smallest absolute Gasteiger partial charge is 0.213 e. The molecule has 7 rings (SSSR count). The van der Waals surface area contributed by atoms with Gasteiger partial charge in [-0.15, -0.1) is 0 Å². The number of rotatable bonds is 4. The molecule has 8 heteroatoms. The van der Waals surface area contributed by atoms with Gasteiger partial charge in [0.15, 0.2) is 5.65 Å². The summed E-state index contributed by atoms with van der Waals surface area (Å²) >= 11 is 0. The Morgan fingerprint density at radius 3 is 2.79 bits per heavy atom. The molecule has 2 saturated heterocycles. The highest BCUT2D eigenvalue weighted by molar-refractivity contribution is 6.04. The second kappa shape index (κ2) is 7.18. The Morgan fingerprint density at radius 2 is 2.00 bits per heavy atom. The van der Waals surface area contributed by atoms with Crippen molar-refractivity contribution >= 4 is 28.4 Å². The third-order valence-corrected chi connectivity index (χ3v) is 7.86. The Bertz CT molecular complexity index is 1340. The lowest BCUT2D eigenvalue weighted by Gasteiger charge is -2.38. The summed E-state index contributed by atoms with van der Waals surface area (Å²) in [5.41, 5.74) is 5.66. The van der Waals surface area contributed by atoms with E-state index in [9.17, 15) is 0 Å². The molecule has 0 atom stereocenters. The molecular weight excluding hydrogens is 414 g/mol. The molecule has 1 spiro atoms. The van der Waals surface area contributed by atoms with E-state index in [4.69, 9.17) is 14.7 Å². The first-order valence-corrected chi connectivity index (χ1v) is 12.1. The van der Waals surface area contributed by atoms with Crippen molar-refractivity contribution in [1.29, 1.82) is 0 Å². The van der Waals surface area contributed by atoms with Crippen LogP contribution in [0.15, 0.2) is 30.9 Å². The molecule has 0 radical (unpaired) electrons. The maximum atomic E-state index is 5.72. The van der Waals surface area contributed by atoms with Gasteiger partial charge in [0.05, 0.1) is 12.0 Å². The maximum absolute atomic E-state index is 5.72. The van der Waals surface area contributed by atoms with Gasteiger partial charge in [0.25, 0.3) is 0 Å². The predicted octanol–water partition coefficient (Wildman–Crippen LogP) is 4.16. The van der Waals surface area contributed by atoms with Gasteiger partial charge in [-0.1, -0.05) is 0 Å². The monoisotopic (exact) mass is 443 g/mol. The Labute approximate surface area is 192 Å². The number of anilines is 2. The van der Waals surface area contributed by atoms with Gasteiger partial charge in [0.1, 0.15) is 11.5 Å². The summed E-state index contributed by atoms with van der Waals surface area (Å²) in [7, 11) is 0. The van der Waals surface area contributed by atoms with Crippen molar-refractivity contribution < 1.29 is 4.74 Å². The highest BCUT2D eigenvalue weighted by Crippen LogP contribution is 2.41. The number of imidazole rings is 1. The van der Waals surface area contributed by atoms with Crippen LogP contribution >= 0.6 is 0 Å². The second-order valence-corrected chi connectivity index (χ2v) is 10.00. The van der Waals surface area contributed by atoms with Crippen LogP contribution in [0.5, 0.6) is 0 Å². The minimum atomic E-state index is 0.374. The van der Waals surface area contributed by atoms with E-state index >= 15 is 0 Å². The Hall–Kier alpha value is -3.13. The highest BCUT2D eigenvalue weighted by atomic mass is 16.5. The summed E-state index contributed by atoms with van der Waals surface area (Å²) in [6.07, 6.45) is 13.8. The van der Waals surface area contributed by atoms with Gasteiger partial charge in [-0.3, -0.25) is 4.40 Å². The van der Waals surface area contributed by atoms with Crippen molar-refractivity contribution in [2.75, 3.05) is 36.5 Å². The maximum Gasteiger partial charge on any atom is 0.213 e. The van der Waals surface area contributed by atoms with Gasteiger partial charge >= 0.3 is 0 Å². The standard InChI is InChI=1S/C25H29N7O/c1-16-18(4-8-26-21(16)29-17-2-3-17)19-14-28-22-20(19)23-27-9-12-32(23)24(30-22)31-10-5-25(6-11-31)7-13-33-15-25/h4,8-9,12,14,17,28H,2-3,5-7,10-11,13,15H2,1H3,(H,26,29). The average molecular weight is 444 g/mol. The molecule has 6 heterocycles. The van der Waals surface area contributed by atoms with Crippen LogP contribution in [0.25, 0.3) is 27.8 Å². The molecule has 4 aromatic heterocycles. The lowest BCUT2D eigenvalue weighted by atomic mass is 9.78. The van der Waals surface area contributed by atoms with Crippen LogP contribution in [0, 0.1) is 12.3 Å². The van der Waals surface area contributed by atoms with E-state index in [1.54, 1.807) is 0 Å². The summed E-state index contributed by atoms with van der Waals surface area (Å²) in [5, 5.41) is 4.63. The van der Waals surface area contributed by atoms with E-state index < -0.39 is 0 Å². The predicted molar refractivity (Wildman–Crippen MR) is 129 cm³/mol. The molecule has 0 bridgehead atoms. The molecule has 0 aromatic carbocycles. The molecular formula is C25H29N7O. The molecule has 4 aromatic rings. The van der Waals surface area contributed by atoms with Crippen molar-refractivity contribution in [3.63, 3.8) is 0 Å². The number of aromatic amines is 1. The molecule has 3 aliphatic rings.